The Morgan fingerprint density at radius 2 is 1.50 bits per heavy atom. The molecule has 0 atom stereocenters. The highest BCUT2D eigenvalue weighted by Gasteiger charge is 2.17. The maximum absolute atomic E-state index is 12.4. The lowest BCUT2D eigenvalue weighted by molar-refractivity contribution is 0.0600. The van der Waals surface area contributed by atoms with Gasteiger partial charge in [-0.15, -0.1) is 11.3 Å². The second-order valence-corrected chi connectivity index (χ2v) is 6.78. The van der Waals surface area contributed by atoms with Crippen molar-refractivity contribution in [1.82, 2.24) is 15.8 Å². The van der Waals surface area contributed by atoms with Gasteiger partial charge in [-0.05, 0) is 31.2 Å². The summed E-state index contributed by atoms with van der Waals surface area (Å²) >= 11 is 1.25. The molecule has 2 N–H and O–H groups in total. The van der Waals surface area contributed by atoms with Crippen LogP contribution >= 0.6 is 11.3 Å². The van der Waals surface area contributed by atoms with Crippen LogP contribution in [-0.2, 0) is 4.74 Å². The molecule has 0 radical (unpaired) electrons. The van der Waals surface area contributed by atoms with Gasteiger partial charge in [-0.3, -0.25) is 20.4 Å². The number of esters is 1. The molecule has 3 aromatic rings. The zero-order valence-electron chi connectivity index (χ0n) is 15.2. The number of thiazole rings is 1. The summed E-state index contributed by atoms with van der Waals surface area (Å²) in [4.78, 5) is 40.9. The quantitative estimate of drug-likeness (QED) is 0.523. The molecule has 3 rings (SSSR count). The van der Waals surface area contributed by atoms with E-state index in [0.29, 0.717) is 21.7 Å². The van der Waals surface area contributed by atoms with Crippen molar-refractivity contribution in [3.8, 4) is 10.6 Å². The Morgan fingerprint density at radius 3 is 2.14 bits per heavy atom. The van der Waals surface area contributed by atoms with Gasteiger partial charge in [0, 0.05) is 11.1 Å². The van der Waals surface area contributed by atoms with Crippen molar-refractivity contribution >= 4 is 29.1 Å². The second-order valence-electron chi connectivity index (χ2n) is 5.78. The van der Waals surface area contributed by atoms with Gasteiger partial charge in [-0.1, -0.05) is 30.3 Å². The van der Waals surface area contributed by atoms with Gasteiger partial charge in [0.25, 0.3) is 11.8 Å². The Bertz CT molecular complexity index is 1010. The normalized spacial score (nSPS) is 10.2. The average molecular weight is 395 g/mol. The topological polar surface area (TPSA) is 97.4 Å². The van der Waals surface area contributed by atoms with Crippen molar-refractivity contribution in [3.63, 3.8) is 0 Å². The zero-order valence-corrected chi connectivity index (χ0v) is 16.0. The number of methoxy groups -OCH3 is 1. The van der Waals surface area contributed by atoms with Gasteiger partial charge in [0.05, 0.1) is 18.4 Å². The van der Waals surface area contributed by atoms with E-state index in [0.717, 1.165) is 10.6 Å². The van der Waals surface area contributed by atoms with Crippen LogP contribution in [0.4, 0.5) is 0 Å². The maximum Gasteiger partial charge on any atom is 0.337 e. The molecule has 0 saturated heterocycles. The summed E-state index contributed by atoms with van der Waals surface area (Å²) in [5.41, 5.74) is 6.88. The van der Waals surface area contributed by atoms with Crippen LogP contribution in [0.1, 0.15) is 36.1 Å². The van der Waals surface area contributed by atoms with Crippen LogP contribution in [-0.4, -0.2) is 29.9 Å². The van der Waals surface area contributed by atoms with E-state index in [1.165, 1.54) is 42.7 Å². The molecule has 0 spiro atoms. The van der Waals surface area contributed by atoms with E-state index in [-0.39, 0.29) is 0 Å². The monoisotopic (exact) mass is 395 g/mol. The van der Waals surface area contributed by atoms with Gasteiger partial charge in [-0.2, -0.15) is 0 Å². The molecule has 0 unspecified atom stereocenters. The molecule has 0 aliphatic heterocycles. The van der Waals surface area contributed by atoms with Crippen LogP contribution in [0.5, 0.6) is 0 Å². The number of carbonyl (C=O) groups excluding carboxylic acids is 3. The van der Waals surface area contributed by atoms with Crippen molar-refractivity contribution in [2.24, 2.45) is 0 Å². The van der Waals surface area contributed by atoms with Crippen LogP contribution in [0.15, 0.2) is 54.6 Å². The molecule has 0 fully saturated rings. The number of nitrogens with one attached hydrogen (secondary N) is 2. The molecule has 1 heterocycles. The number of hydrazine groups is 1. The first kappa shape index (κ1) is 19.2. The van der Waals surface area contributed by atoms with Crippen LogP contribution in [0.3, 0.4) is 0 Å². The van der Waals surface area contributed by atoms with Crippen molar-refractivity contribution in [2.45, 2.75) is 6.92 Å². The lowest BCUT2D eigenvalue weighted by atomic mass is 10.1. The number of nitrogens with zero attached hydrogens (tertiary/aromatic N) is 1. The smallest absolute Gasteiger partial charge is 0.337 e. The van der Waals surface area contributed by atoms with E-state index in [1.54, 1.807) is 6.92 Å². The standard InChI is InChI=1S/C20H17N3O4S/c1-12-16(28-19(21-12)14-6-4-3-5-7-14)18(25)23-22-17(24)13-8-10-15(11-9-13)20(26)27-2/h3-11H,1-2H3,(H,22,24)(H,23,25). The van der Waals surface area contributed by atoms with Crippen molar-refractivity contribution in [2.75, 3.05) is 7.11 Å². The first-order valence-corrected chi connectivity index (χ1v) is 9.13. The third-order valence-corrected chi connectivity index (χ3v) is 5.09. The summed E-state index contributed by atoms with van der Waals surface area (Å²) in [6, 6.07) is 15.4. The summed E-state index contributed by atoms with van der Waals surface area (Å²) in [7, 11) is 1.28. The van der Waals surface area contributed by atoms with E-state index in [4.69, 9.17) is 0 Å². The number of carbonyl (C=O) groups is 3. The van der Waals surface area contributed by atoms with E-state index < -0.39 is 17.8 Å². The second kappa shape index (κ2) is 8.45. The molecule has 7 nitrogen and oxygen atoms in total. The molecule has 28 heavy (non-hydrogen) atoms. The fraction of sp³-hybridized carbons (Fsp3) is 0.100. The van der Waals surface area contributed by atoms with Crippen LogP contribution in [0.2, 0.25) is 0 Å². The summed E-state index contributed by atoms with van der Waals surface area (Å²) in [5, 5.41) is 0.730. The fourth-order valence-electron chi connectivity index (χ4n) is 2.43. The number of rotatable bonds is 4. The lowest BCUT2D eigenvalue weighted by Crippen LogP contribution is -2.41. The highest BCUT2D eigenvalue weighted by atomic mass is 32.1. The van der Waals surface area contributed by atoms with Gasteiger partial charge in [-0.25, -0.2) is 9.78 Å². The molecule has 0 aliphatic rings. The predicted octanol–water partition coefficient (Wildman–Crippen LogP) is 2.98. The van der Waals surface area contributed by atoms with E-state index >= 15 is 0 Å². The minimum Gasteiger partial charge on any atom is -0.465 e. The van der Waals surface area contributed by atoms with Crippen molar-refractivity contribution < 1.29 is 19.1 Å². The average Bonchev–Trinajstić information content (AvgIpc) is 3.13. The van der Waals surface area contributed by atoms with Gasteiger partial charge < -0.3 is 4.74 Å². The van der Waals surface area contributed by atoms with Gasteiger partial charge in [0.1, 0.15) is 9.88 Å². The summed E-state index contributed by atoms with van der Waals surface area (Å²) in [5.74, 6) is -1.44. The molecule has 142 valence electrons. The minimum atomic E-state index is -0.504. The molecule has 0 bridgehead atoms. The van der Waals surface area contributed by atoms with E-state index in [9.17, 15) is 14.4 Å². The number of amides is 2. The van der Waals surface area contributed by atoms with Crippen molar-refractivity contribution in [1.29, 1.82) is 0 Å². The number of hydrogen-bond acceptors (Lipinski definition) is 6. The highest BCUT2D eigenvalue weighted by molar-refractivity contribution is 7.17. The SMILES string of the molecule is COC(=O)c1ccc(C(=O)NNC(=O)c2sc(-c3ccccc3)nc2C)cc1. The molecule has 1 aromatic heterocycles. The molecule has 2 amide bonds. The molecule has 8 heteroatoms. The Labute approximate surface area is 165 Å². The highest BCUT2D eigenvalue weighted by Crippen LogP contribution is 2.27. The maximum atomic E-state index is 12.4. The largest absolute Gasteiger partial charge is 0.465 e. The summed E-state index contributed by atoms with van der Waals surface area (Å²) in [6.07, 6.45) is 0. The number of ether oxygens (including phenoxy) is 1. The fourth-order valence-corrected chi connectivity index (χ4v) is 3.40. The molecule has 0 saturated carbocycles. The third-order valence-electron chi connectivity index (χ3n) is 3.88. The third kappa shape index (κ3) is 4.24. The number of aryl methyl sites for hydroxylation is 1. The molecular formula is C20H17N3O4S. The Morgan fingerprint density at radius 1 is 0.893 bits per heavy atom. The Kier molecular flexibility index (Phi) is 5.81. The van der Waals surface area contributed by atoms with Crippen LogP contribution < -0.4 is 10.9 Å². The lowest BCUT2D eigenvalue weighted by Gasteiger charge is -2.07. The van der Waals surface area contributed by atoms with E-state index in [1.807, 2.05) is 30.3 Å². The minimum absolute atomic E-state index is 0.291. The van der Waals surface area contributed by atoms with Crippen LogP contribution in [0.25, 0.3) is 10.6 Å². The number of benzene rings is 2. The summed E-state index contributed by atoms with van der Waals surface area (Å²) in [6.45, 7) is 1.74. The van der Waals surface area contributed by atoms with Gasteiger partial charge in [0.15, 0.2) is 0 Å². The number of aromatic nitrogens is 1. The summed E-state index contributed by atoms with van der Waals surface area (Å²) < 4.78 is 4.61. The zero-order chi connectivity index (χ0) is 20.1. The van der Waals surface area contributed by atoms with E-state index in [2.05, 4.69) is 20.6 Å². The van der Waals surface area contributed by atoms with Crippen LogP contribution in [0, 0.1) is 6.92 Å². The Hall–Kier alpha value is -3.52. The molecular weight excluding hydrogens is 378 g/mol. The first-order chi connectivity index (χ1) is 13.5. The van der Waals surface area contributed by atoms with Gasteiger partial charge in [0.2, 0.25) is 0 Å². The molecule has 2 aromatic carbocycles. The molecule has 0 aliphatic carbocycles. The Balaban J connectivity index is 1.65. The van der Waals surface area contributed by atoms with Crippen molar-refractivity contribution in [3.05, 3.63) is 76.3 Å². The van der Waals surface area contributed by atoms with Gasteiger partial charge >= 0.3 is 5.97 Å². The number of hydrogen-bond donors (Lipinski definition) is 2. The first-order valence-electron chi connectivity index (χ1n) is 8.31. The predicted molar refractivity (Wildman–Crippen MR) is 105 cm³/mol.